The number of carboxylic acids is 2. The van der Waals surface area contributed by atoms with E-state index in [1.165, 1.54) is 11.1 Å². The minimum atomic E-state index is -1.63. The number of hydrogen-bond acceptors (Lipinski definition) is 4. The zero-order chi connectivity index (χ0) is 14.5. The molecule has 0 aromatic heterocycles. The molecule has 3 rings (SSSR count). The molecular formula is C15H10IO4-. The average molecular weight is 381 g/mol. The van der Waals surface area contributed by atoms with Crippen LogP contribution in [0, 0.1) is 7.14 Å². The summed E-state index contributed by atoms with van der Waals surface area (Å²) in [6.07, 6.45) is -1.03. The van der Waals surface area contributed by atoms with Gasteiger partial charge in [0.25, 0.3) is 0 Å². The maximum absolute atomic E-state index is 9.28. The van der Waals surface area contributed by atoms with Gasteiger partial charge in [-0.1, -0.05) is 24.3 Å². The van der Waals surface area contributed by atoms with Crippen LogP contribution >= 0.6 is 0 Å². The minimum absolute atomic E-state index is 0.103. The topological polar surface area (TPSA) is 80.3 Å². The molecule has 1 aliphatic heterocycles. The molecule has 0 atom stereocenters. The van der Waals surface area contributed by atoms with E-state index in [0.29, 0.717) is 0 Å². The normalized spacial score (nSPS) is 10.8. The number of aliphatic carboxylic acids is 2. The average Bonchev–Trinajstić information content (AvgIpc) is 2.76. The summed E-state index contributed by atoms with van der Waals surface area (Å²) in [6, 6.07) is 17.6. The lowest BCUT2D eigenvalue weighted by molar-refractivity contribution is -0.589. The van der Waals surface area contributed by atoms with Gasteiger partial charge in [-0.3, -0.25) is 0 Å². The van der Waals surface area contributed by atoms with E-state index in [4.69, 9.17) is 0 Å². The lowest BCUT2D eigenvalue weighted by Gasteiger charge is -1.99. The number of halogens is 1. The molecule has 0 N–H and O–H groups in total. The fourth-order valence-corrected chi connectivity index (χ4v) is 4.67. The quantitative estimate of drug-likeness (QED) is 0.344. The predicted molar refractivity (Wildman–Crippen MR) is 63.9 cm³/mol. The SMILES string of the molecule is O=C([O-])CC(=O)[O-].c1ccc2c(c1)[I+]c1ccccc1-2. The number of carbonyl (C=O) groups is 2. The van der Waals surface area contributed by atoms with Gasteiger partial charge in [-0.05, 0) is 24.3 Å². The van der Waals surface area contributed by atoms with E-state index in [0.717, 1.165) is 0 Å². The van der Waals surface area contributed by atoms with Gasteiger partial charge < -0.3 is 19.8 Å². The largest absolute Gasteiger partial charge is 0.550 e. The van der Waals surface area contributed by atoms with Crippen LogP contribution in [0.4, 0.5) is 0 Å². The van der Waals surface area contributed by atoms with Gasteiger partial charge in [0.05, 0.1) is 0 Å². The summed E-state index contributed by atoms with van der Waals surface area (Å²) >= 11 is 0.103. The van der Waals surface area contributed by atoms with E-state index >= 15 is 0 Å². The fourth-order valence-electron chi connectivity index (χ4n) is 1.75. The zero-order valence-electron chi connectivity index (χ0n) is 10.3. The first-order chi connectivity index (χ1) is 9.58. The summed E-state index contributed by atoms with van der Waals surface area (Å²) < 4.78 is 3.14. The molecule has 0 amide bonds. The molecule has 20 heavy (non-hydrogen) atoms. The molecule has 102 valence electrons. The van der Waals surface area contributed by atoms with Crippen molar-refractivity contribution in [1.29, 1.82) is 0 Å². The Morgan fingerprint density at radius 2 is 1.20 bits per heavy atom. The number of hydrogen-bond donors (Lipinski definition) is 0. The second kappa shape index (κ2) is 6.51. The van der Waals surface area contributed by atoms with Gasteiger partial charge in [0.15, 0.2) is 0 Å². The second-order valence-electron chi connectivity index (χ2n) is 3.97. The van der Waals surface area contributed by atoms with E-state index in [2.05, 4.69) is 48.5 Å². The summed E-state index contributed by atoms with van der Waals surface area (Å²) in [6.45, 7) is 0. The second-order valence-corrected chi connectivity index (χ2v) is 6.84. The van der Waals surface area contributed by atoms with Crippen LogP contribution in [0.2, 0.25) is 0 Å². The zero-order valence-corrected chi connectivity index (χ0v) is 12.5. The Balaban J connectivity index is 0.000000182. The smallest absolute Gasteiger partial charge is 0.359 e. The van der Waals surface area contributed by atoms with Crippen LogP contribution in [-0.2, 0) is 9.59 Å². The van der Waals surface area contributed by atoms with Gasteiger partial charge in [0.1, 0.15) is 0 Å². The molecule has 2 aromatic rings. The van der Waals surface area contributed by atoms with Gasteiger partial charge in [0.2, 0.25) is 7.14 Å². The number of fused-ring (bicyclic) bond motifs is 3. The molecule has 0 bridgehead atoms. The Kier molecular flexibility index (Phi) is 4.73. The van der Waals surface area contributed by atoms with Crippen molar-refractivity contribution in [3.63, 3.8) is 0 Å². The van der Waals surface area contributed by atoms with E-state index < -0.39 is 18.4 Å². The Morgan fingerprint density at radius 1 is 0.800 bits per heavy atom. The van der Waals surface area contributed by atoms with Crippen LogP contribution in [0.15, 0.2) is 48.5 Å². The number of carbonyl (C=O) groups excluding carboxylic acids is 2. The Hall–Kier alpha value is -1.89. The highest BCUT2D eigenvalue weighted by Gasteiger charge is 2.31. The summed E-state index contributed by atoms with van der Waals surface area (Å²) in [5, 5.41) is 18.6. The predicted octanol–water partition coefficient (Wildman–Crippen LogP) is -3.33. The third-order valence-corrected chi connectivity index (χ3v) is 5.57. The molecule has 0 fully saturated rings. The van der Waals surface area contributed by atoms with E-state index in [-0.39, 0.29) is 21.2 Å². The number of rotatable bonds is 2. The molecular weight excluding hydrogens is 371 g/mol. The van der Waals surface area contributed by atoms with Crippen molar-refractivity contribution in [2.24, 2.45) is 0 Å². The third kappa shape index (κ3) is 3.57. The van der Waals surface area contributed by atoms with Crippen LogP contribution in [-0.4, -0.2) is 11.9 Å². The minimum Gasteiger partial charge on any atom is -0.550 e. The van der Waals surface area contributed by atoms with Crippen molar-refractivity contribution in [1.82, 2.24) is 0 Å². The van der Waals surface area contributed by atoms with Crippen LogP contribution in [0.1, 0.15) is 6.42 Å². The fraction of sp³-hybridized carbons (Fsp3) is 0.0667. The van der Waals surface area contributed by atoms with Crippen molar-refractivity contribution in [3.05, 3.63) is 55.7 Å². The Bertz CT molecular complexity index is 596. The summed E-state index contributed by atoms with van der Waals surface area (Å²) in [5.41, 5.74) is 2.93. The molecule has 2 aromatic carbocycles. The standard InChI is InChI=1S/C12H8I.C3H4O4/c1-3-7-11-9(5-1)10-6-2-4-8-12(10)13-11;4-2(5)1-3(6)7/h1-8H;1H2,(H,4,5)(H,6,7)/q+1;/p-2. The molecule has 0 saturated heterocycles. The van der Waals surface area contributed by atoms with Gasteiger partial charge in [-0.15, -0.1) is 0 Å². The molecule has 5 heteroatoms. The Morgan fingerprint density at radius 3 is 1.55 bits per heavy atom. The van der Waals surface area contributed by atoms with Crippen LogP contribution in [0.25, 0.3) is 11.1 Å². The maximum Gasteiger partial charge on any atom is 0.359 e. The van der Waals surface area contributed by atoms with Crippen LogP contribution < -0.4 is 31.4 Å². The maximum atomic E-state index is 9.28. The first-order valence-electron chi connectivity index (χ1n) is 5.81. The highest BCUT2D eigenvalue weighted by atomic mass is 127. The van der Waals surface area contributed by atoms with Crippen molar-refractivity contribution in [2.45, 2.75) is 6.42 Å². The van der Waals surface area contributed by atoms with Crippen molar-refractivity contribution in [2.75, 3.05) is 0 Å². The van der Waals surface area contributed by atoms with E-state index in [1.807, 2.05) is 0 Å². The first-order valence-corrected chi connectivity index (χ1v) is 7.96. The Labute approximate surface area is 126 Å². The molecule has 0 unspecified atom stereocenters. The molecule has 4 nitrogen and oxygen atoms in total. The number of benzene rings is 2. The summed E-state index contributed by atoms with van der Waals surface area (Å²) in [4.78, 5) is 18.6. The van der Waals surface area contributed by atoms with Gasteiger partial charge >= 0.3 is 21.2 Å². The van der Waals surface area contributed by atoms with Gasteiger partial charge in [-0.2, -0.15) is 0 Å². The molecule has 0 aliphatic carbocycles. The molecule has 1 heterocycles. The molecule has 1 aliphatic rings. The molecule has 0 saturated carbocycles. The lowest BCUT2D eigenvalue weighted by Crippen LogP contribution is -3.61. The van der Waals surface area contributed by atoms with Gasteiger partial charge in [0, 0.05) is 29.5 Å². The highest BCUT2D eigenvalue weighted by molar-refractivity contribution is 5.86. The summed E-state index contributed by atoms with van der Waals surface area (Å²) in [5.74, 6) is -3.25. The van der Waals surface area contributed by atoms with Crippen molar-refractivity contribution in [3.8, 4) is 11.1 Å². The third-order valence-electron chi connectivity index (χ3n) is 2.53. The molecule has 0 spiro atoms. The van der Waals surface area contributed by atoms with E-state index in [1.54, 1.807) is 7.14 Å². The number of carboxylic acid groups (broad SMARTS) is 2. The highest BCUT2D eigenvalue weighted by Crippen LogP contribution is 2.21. The lowest BCUT2D eigenvalue weighted by atomic mass is 10.1. The van der Waals surface area contributed by atoms with E-state index in [9.17, 15) is 19.8 Å². The summed E-state index contributed by atoms with van der Waals surface area (Å²) in [7, 11) is 0. The molecule has 0 radical (unpaired) electrons. The van der Waals surface area contributed by atoms with Crippen LogP contribution in [0.3, 0.4) is 0 Å². The first kappa shape index (κ1) is 14.5. The van der Waals surface area contributed by atoms with Gasteiger partial charge in [-0.25, -0.2) is 0 Å². The van der Waals surface area contributed by atoms with Crippen LogP contribution in [0.5, 0.6) is 0 Å². The van der Waals surface area contributed by atoms with Crippen molar-refractivity contribution < 1.29 is 41.0 Å². The van der Waals surface area contributed by atoms with Crippen molar-refractivity contribution >= 4 is 11.9 Å². The monoisotopic (exact) mass is 381 g/mol.